The van der Waals surface area contributed by atoms with Crippen LogP contribution in [0.3, 0.4) is 0 Å². The van der Waals surface area contributed by atoms with E-state index in [4.69, 9.17) is 4.52 Å². The molecule has 0 aromatic carbocycles. The molecule has 0 N–H and O–H groups in total. The first kappa shape index (κ1) is 15.3. The molecule has 1 saturated heterocycles. The zero-order chi connectivity index (χ0) is 15.7. The Morgan fingerprint density at radius 2 is 2.23 bits per heavy atom. The van der Waals surface area contributed by atoms with E-state index in [1.807, 2.05) is 13.0 Å². The van der Waals surface area contributed by atoms with Crippen molar-refractivity contribution in [1.82, 2.24) is 20.0 Å². The minimum absolute atomic E-state index is 0.116. The highest BCUT2D eigenvalue weighted by Gasteiger charge is 2.34. The van der Waals surface area contributed by atoms with Crippen molar-refractivity contribution in [2.75, 3.05) is 18.1 Å². The molecule has 0 saturated carbocycles. The third-order valence-electron chi connectivity index (χ3n) is 3.88. The van der Waals surface area contributed by atoms with E-state index < -0.39 is 10.8 Å². The summed E-state index contributed by atoms with van der Waals surface area (Å²) in [5.74, 6) is 2.52. The molecular formula is C15H20N4O2S. The van der Waals surface area contributed by atoms with Crippen molar-refractivity contribution in [2.45, 2.75) is 32.9 Å². The molecule has 1 fully saturated rings. The number of aryl methyl sites for hydroxylation is 1. The minimum atomic E-state index is -0.730. The van der Waals surface area contributed by atoms with Crippen LogP contribution < -0.4 is 0 Å². The number of hydrogen-bond acceptors (Lipinski definition) is 6. The Bertz CT molecular complexity index is 698. The van der Waals surface area contributed by atoms with E-state index in [0.29, 0.717) is 29.8 Å². The van der Waals surface area contributed by atoms with Gasteiger partial charge in [0.2, 0.25) is 0 Å². The fraction of sp³-hybridized carbons (Fsp3) is 0.533. The van der Waals surface area contributed by atoms with Crippen molar-refractivity contribution in [3.8, 4) is 11.5 Å². The van der Waals surface area contributed by atoms with Gasteiger partial charge < -0.3 is 4.52 Å². The lowest BCUT2D eigenvalue weighted by Gasteiger charge is -2.41. The van der Waals surface area contributed by atoms with E-state index >= 15 is 0 Å². The third-order valence-corrected chi connectivity index (χ3v) is 5.55. The molecule has 6 nitrogen and oxygen atoms in total. The van der Waals surface area contributed by atoms with E-state index in [2.05, 4.69) is 33.9 Å². The lowest BCUT2D eigenvalue weighted by molar-refractivity contribution is 0.128. The predicted molar refractivity (Wildman–Crippen MR) is 84.6 cm³/mol. The van der Waals surface area contributed by atoms with Crippen molar-refractivity contribution in [3.05, 3.63) is 29.8 Å². The molecule has 0 aliphatic carbocycles. The van der Waals surface area contributed by atoms with E-state index in [1.54, 1.807) is 12.4 Å². The summed E-state index contributed by atoms with van der Waals surface area (Å²) in [6.07, 6.45) is 3.51. The van der Waals surface area contributed by atoms with Gasteiger partial charge in [0.25, 0.3) is 5.89 Å². The first-order valence-electron chi connectivity index (χ1n) is 7.29. The highest BCUT2D eigenvalue weighted by molar-refractivity contribution is 7.85. The minimum Gasteiger partial charge on any atom is -0.334 e. The molecule has 3 heterocycles. The van der Waals surface area contributed by atoms with E-state index in [9.17, 15) is 4.21 Å². The number of pyridine rings is 1. The summed E-state index contributed by atoms with van der Waals surface area (Å²) in [7, 11) is -0.730. The lowest BCUT2D eigenvalue weighted by Crippen LogP contribution is -2.53. The van der Waals surface area contributed by atoms with Gasteiger partial charge in [0.15, 0.2) is 5.82 Å². The second-order valence-electron chi connectivity index (χ2n) is 6.29. The van der Waals surface area contributed by atoms with Crippen LogP contribution >= 0.6 is 0 Å². The second kappa shape index (κ2) is 5.89. The SMILES string of the molecule is Cc1cncc(-c2nc(CN3CC[S@](=O)CC3(C)C)no2)c1. The van der Waals surface area contributed by atoms with Gasteiger partial charge in [-0.05, 0) is 32.4 Å². The van der Waals surface area contributed by atoms with Gasteiger partial charge in [0.1, 0.15) is 0 Å². The number of rotatable bonds is 3. The normalized spacial score (nSPS) is 21.9. The average molecular weight is 320 g/mol. The maximum absolute atomic E-state index is 11.7. The fourth-order valence-corrected chi connectivity index (χ4v) is 4.18. The summed E-state index contributed by atoms with van der Waals surface area (Å²) in [5.41, 5.74) is 1.77. The molecule has 0 radical (unpaired) electrons. The van der Waals surface area contributed by atoms with Crippen molar-refractivity contribution >= 4 is 10.8 Å². The average Bonchev–Trinajstić information content (AvgIpc) is 2.90. The Labute approximate surface area is 132 Å². The molecule has 1 aliphatic heterocycles. The standard InChI is InChI=1S/C15H20N4O2S/c1-11-6-12(8-16-7-11)14-17-13(18-21-14)9-19-4-5-22(20)10-15(19,2)3/h6-8H,4-5,9-10H2,1-3H3/t22-/m0/s1. The fourth-order valence-electron chi connectivity index (χ4n) is 2.64. The van der Waals surface area contributed by atoms with Crippen LogP contribution in [0, 0.1) is 6.92 Å². The number of nitrogens with zero attached hydrogens (tertiary/aromatic N) is 4. The first-order chi connectivity index (χ1) is 10.4. The van der Waals surface area contributed by atoms with Gasteiger partial charge in [-0.25, -0.2) is 0 Å². The zero-order valence-corrected chi connectivity index (χ0v) is 13.9. The van der Waals surface area contributed by atoms with Crippen molar-refractivity contribution in [2.24, 2.45) is 0 Å². The Balaban J connectivity index is 1.76. The number of aromatic nitrogens is 3. The summed E-state index contributed by atoms with van der Waals surface area (Å²) >= 11 is 0. The van der Waals surface area contributed by atoms with E-state index in [0.717, 1.165) is 17.7 Å². The van der Waals surface area contributed by atoms with Gasteiger partial charge in [0, 0.05) is 46.8 Å². The van der Waals surface area contributed by atoms with Crippen LogP contribution in [0.15, 0.2) is 23.0 Å². The highest BCUT2D eigenvalue weighted by Crippen LogP contribution is 2.23. The van der Waals surface area contributed by atoms with Crippen LogP contribution in [-0.4, -0.2) is 47.8 Å². The number of hydrogen-bond donors (Lipinski definition) is 0. The molecule has 22 heavy (non-hydrogen) atoms. The Morgan fingerprint density at radius 1 is 1.41 bits per heavy atom. The molecule has 0 bridgehead atoms. The Morgan fingerprint density at radius 3 is 2.95 bits per heavy atom. The van der Waals surface area contributed by atoms with Crippen molar-refractivity contribution in [3.63, 3.8) is 0 Å². The topological polar surface area (TPSA) is 72.1 Å². The van der Waals surface area contributed by atoms with Crippen molar-refractivity contribution in [1.29, 1.82) is 0 Å². The van der Waals surface area contributed by atoms with Crippen LogP contribution in [0.5, 0.6) is 0 Å². The molecule has 0 amide bonds. The molecule has 0 unspecified atom stereocenters. The Kier molecular flexibility index (Phi) is 4.10. The van der Waals surface area contributed by atoms with Crippen LogP contribution in [0.25, 0.3) is 11.5 Å². The van der Waals surface area contributed by atoms with Gasteiger partial charge in [-0.15, -0.1) is 0 Å². The summed E-state index contributed by atoms with van der Waals surface area (Å²) in [5, 5.41) is 4.07. The molecule has 118 valence electrons. The van der Waals surface area contributed by atoms with Gasteiger partial charge in [0.05, 0.1) is 12.1 Å². The first-order valence-corrected chi connectivity index (χ1v) is 8.77. The lowest BCUT2D eigenvalue weighted by atomic mass is 10.1. The smallest absolute Gasteiger partial charge is 0.259 e. The third kappa shape index (κ3) is 3.25. The van der Waals surface area contributed by atoms with Gasteiger partial charge in [-0.1, -0.05) is 5.16 Å². The second-order valence-corrected chi connectivity index (χ2v) is 7.87. The molecule has 7 heteroatoms. The summed E-state index contributed by atoms with van der Waals surface area (Å²) < 4.78 is 17.1. The molecule has 1 atom stereocenters. The summed E-state index contributed by atoms with van der Waals surface area (Å²) in [6, 6.07) is 1.97. The molecule has 2 aromatic heterocycles. The van der Waals surface area contributed by atoms with Gasteiger partial charge >= 0.3 is 0 Å². The van der Waals surface area contributed by atoms with Crippen LogP contribution in [0.2, 0.25) is 0 Å². The highest BCUT2D eigenvalue weighted by atomic mass is 32.2. The summed E-state index contributed by atoms with van der Waals surface area (Å²) in [4.78, 5) is 10.9. The molecule has 2 aromatic rings. The Hall–Kier alpha value is -1.60. The molecular weight excluding hydrogens is 300 g/mol. The van der Waals surface area contributed by atoms with Gasteiger partial charge in [-0.2, -0.15) is 4.98 Å². The maximum Gasteiger partial charge on any atom is 0.259 e. The predicted octanol–water partition coefficient (Wildman–Crippen LogP) is 1.78. The maximum atomic E-state index is 11.7. The quantitative estimate of drug-likeness (QED) is 0.858. The van der Waals surface area contributed by atoms with E-state index in [1.165, 1.54) is 0 Å². The van der Waals surface area contributed by atoms with Crippen molar-refractivity contribution < 1.29 is 8.73 Å². The van der Waals surface area contributed by atoms with Crippen LogP contribution in [-0.2, 0) is 17.3 Å². The zero-order valence-electron chi connectivity index (χ0n) is 13.1. The monoisotopic (exact) mass is 320 g/mol. The molecule has 1 aliphatic rings. The summed E-state index contributed by atoms with van der Waals surface area (Å²) in [6.45, 7) is 7.58. The van der Waals surface area contributed by atoms with Gasteiger partial charge in [-0.3, -0.25) is 14.1 Å². The molecule has 3 rings (SSSR count). The molecule has 0 spiro atoms. The largest absolute Gasteiger partial charge is 0.334 e. The van der Waals surface area contributed by atoms with Crippen LogP contribution in [0.4, 0.5) is 0 Å². The van der Waals surface area contributed by atoms with Crippen LogP contribution in [0.1, 0.15) is 25.2 Å². The van der Waals surface area contributed by atoms with E-state index in [-0.39, 0.29) is 5.54 Å².